The smallest absolute Gasteiger partial charge is 0.0625 e. The molecule has 0 amide bonds. The molecule has 0 bridgehead atoms. The first kappa shape index (κ1) is 11.6. The number of rotatable bonds is 3. The van der Waals surface area contributed by atoms with Crippen molar-refractivity contribution in [2.45, 2.75) is 12.8 Å². The highest BCUT2D eigenvalue weighted by Gasteiger charge is 2.05. The summed E-state index contributed by atoms with van der Waals surface area (Å²) in [5, 5.41) is 9.93. The van der Waals surface area contributed by atoms with Gasteiger partial charge in [0.15, 0.2) is 0 Å². The van der Waals surface area contributed by atoms with Crippen molar-refractivity contribution in [2.75, 3.05) is 0 Å². The van der Waals surface area contributed by atoms with E-state index in [-0.39, 0.29) is 0 Å². The van der Waals surface area contributed by atoms with Crippen molar-refractivity contribution in [1.82, 2.24) is 4.98 Å². The van der Waals surface area contributed by atoms with Crippen LogP contribution in [0, 0.1) is 11.3 Å². The molecule has 1 N–H and O–H groups in total. The standard InChI is InChI=1S/C17H14N2/c18-10-4-7-15-12-19-17-9-8-14(11-16(15)17)13-5-2-1-3-6-13/h1-3,5-6,8-9,11-12,19H,4,7H2. The minimum absolute atomic E-state index is 0.558. The zero-order valence-electron chi connectivity index (χ0n) is 10.6. The Hall–Kier alpha value is -2.53. The van der Waals surface area contributed by atoms with Gasteiger partial charge in [-0.2, -0.15) is 5.26 Å². The van der Waals surface area contributed by atoms with E-state index in [0.29, 0.717) is 6.42 Å². The van der Waals surface area contributed by atoms with E-state index >= 15 is 0 Å². The van der Waals surface area contributed by atoms with Crippen LogP contribution in [0.5, 0.6) is 0 Å². The summed E-state index contributed by atoms with van der Waals surface area (Å²) in [4.78, 5) is 3.27. The summed E-state index contributed by atoms with van der Waals surface area (Å²) in [6.07, 6.45) is 3.37. The van der Waals surface area contributed by atoms with Crippen LogP contribution in [0.25, 0.3) is 22.0 Å². The van der Waals surface area contributed by atoms with Gasteiger partial charge in [-0.25, -0.2) is 0 Å². The van der Waals surface area contributed by atoms with Gasteiger partial charge >= 0.3 is 0 Å². The Kier molecular flexibility index (Phi) is 3.04. The number of hydrogen-bond acceptors (Lipinski definition) is 1. The lowest BCUT2D eigenvalue weighted by atomic mass is 10.0. The first-order chi connectivity index (χ1) is 9.38. The van der Waals surface area contributed by atoms with Crippen LogP contribution >= 0.6 is 0 Å². The van der Waals surface area contributed by atoms with Gasteiger partial charge in [0.25, 0.3) is 0 Å². The van der Waals surface area contributed by atoms with Crippen molar-refractivity contribution in [3.05, 3.63) is 60.3 Å². The largest absolute Gasteiger partial charge is 0.361 e. The van der Waals surface area contributed by atoms with E-state index < -0.39 is 0 Å². The number of aromatic amines is 1. The third kappa shape index (κ3) is 2.23. The number of benzene rings is 2. The predicted molar refractivity (Wildman–Crippen MR) is 77.7 cm³/mol. The van der Waals surface area contributed by atoms with Crippen LogP contribution in [0.1, 0.15) is 12.0 Å². The topological polar surface area (TPSA) is 39.6 Å². The summed E-state index contributed by atoms with van der Waals surface area (Å²) < 4.78 is 0. The van der Waals surface area contributed by atoms with E-state index in [0.717, 1.165) is 11.9 Å². The van der Waals surface area contributed by atoms with Gasteiger partial charge in [0, 0.05) is 23.5 Å². The van der Waals surface area contributed by atoms with Crippen LogP contribution < -0.4 is 0 Å². The summed E-state index contributed by atoms with van der Waals surface area (Å²) in [6, 6.07) is 19.0. The van der Waals surface area contributed by atoms with E-state index in [4.69, 9.17) is 5.26 Å². The normalized spacial score (nSPS) is 10.5. The molecule has 3 aromatic rings. The van der Waals surface area contributed by atoms with Crippen molar-refractivity contribution in [1.29, 1.82) is 5.26 Å². The second-order valence-corrected chi connectivity index (χ2v) is 4.60. The van der Waals surface area contributed by atoms with Crippen molar-refractivity contribution in [2.24, 2.45) is 0 Å². The molecule has 2 nitrogen and oxygen atoms in total. The number of hydrogen-bond donors (Lipinski definition) is 1. The van der Waals surface area contributed by atoms with Crippen LogP contribution in [-0.4, -0.2) is 4.98 Å². The molecule has 0 saturated heterocycles. The number of nitriles is 1. The molecule has 0 aliphatic carbocycles. The molecule has 0 atom stereocenters. The molecule has 0 aliphatic heterocycles. The lowest BCUT2D eigenvalue weighted by Gasteiger charge is -2.02. The molecule has 2 aromatic carbocycles. The summed E-state index contributed by atoms with van der Waals surface area (Å²) in [5.74, 6) is 0. The maximum Gasteiger partial charge on any atom is 0.0625 e. The molecule has 2 heteroatoms. The summed E-state index contributed by atoms with van der Waals surface area (Å²) in [6.45, 7) is 0. The van der Waals surface area contributed by atoms with Crippen molar-refractivity contribution in [3.63, 3.8) is 0 Å². The maximum atomic E-state index is 8.71. The monoisotopic (exact) mass is 246 g/mol. The molecule has 19 heavy (non-hydrogen) atoms. The fourth-order valence-electron chi connectivity index (χ4n) is 2.39. The lowest BCUT2D eigenvalue weighted by molar-refractivity contribution is 1.02. The van der Waals surface area contributed by atoms with E-state index in [2.05, 4.69) is 41.4 Å². The minimum atomic E-state index is 0.558. The van der Waals surface area contributed by atoms with Gasteiger partial charge in [0.1, 0.15) is 0 Å². The van der Waals surface area contributed by atoms with E-state index in [9.17, 15) is 0 Å². The molecule has 0 radical (unpaired) electrons. The zero-order valence-corrected chi connectivity index (χ0v) is 10.6. The predicted octanol–water partition coefficient (Wildman–Crippen LogP) is 4.29. The van der Waals surface area contributed by atoms with Crippen LogP contribution in [-0.2, 0) is 6.42 Å². The molecule has 0 fully saturated rings. The van der Waals surface area contributed by atoms with Gasteiger partial charge in [-0.3, -0.25) is 0 Å². The highest BCUT2D eigenvalue weighted by atomic mass is 14.7. The van der Waals surface area contributed by atoms with Crippen LogP contribution in [0.2, 0.25) is 0 Å². The minimum Gasteiger partial charge on any atom is -0.361 e. The molecule has 92 valence electrons. The van der Waals surface area contributed by atoms with Crippen molar-refractivity contribution in [3.8, 4) is 17.2 Å². The average molecular weight is 246 g/mol. The Morgan fingerprint density at radius 1 is 1.00 bits per heavy atom. The molecule has 1 heterocycles. The van der Waals surface area contributed by atoms with E-state index in [1.165, 1.54) is 22.1 Å². The van der Waals surface area contributed by atoms with Gasteiger partial charge in [-0.1, -0.05) is 36.4 Å². The molecule has 0 saturated carbocycles. The second-order valence-electron chi connectivity index (χ2n) is 4.60. The van der Waals surface area contributed by atoms with Gasteiger partial charge in [-0.15, -0.1) is 0 Å². The number of fused-ring (bicyclic) bond motifs is 1. The summed E-state index contributed by atoms with van der Waals surface area (Å²) in [7, 11) is 0. The van der Waals surface area contributed by atoms with Crippen molar-refractivity contribution >= 4 is 10.9 Å². The summed E-state index contributed by atoms with van der Waals surface area (Å²) in [5.41, 5.74) is 4.78. The SMILES string of the molecule is N#CCCc1c[nH]c2ccc(-c3ccccc3)cc12. The molecular formula is C17H14N2. The fourth-order valence-corrected chi connectivity index (χ4v) is 2.39. The third-order valence-electron chi connectivity index (χ3n) is 3.38. The number of H-pyrrole nitrogens is 1. The Bertz CT molecular complexity index is 733. The van der Waals surface area contributed by atoms with Gasteiger partial charge in [0.05, 0.1) is 6.07 Å². The lowest BCUT2D eigenvalue weighted by Crippen LogP contribution is -1.82. The highest BCUT2D eigenvalue weighted by Crippen LogP contribution is 2.26. The van der Waals surface area contributed by atoms with E-state index in [1.807, 2.05) is 24.4 Å². The van der Waals surface area contributed by atoms with E-state index in [1.54, 1.807) is 0 Å². The van der Waals surface area contributed by atoms with Gasteiger partial charge < -0.3 is 4.98 Å². The number of nitrogens with zero attached hydrogens (tertiary/aromatic N) is 1. The van der Waals surface area contributed by atoms with Gasteiger partial charge in [0.2, 0.25) is 0 Å². The van der Waals surface area contributed by atoms with Crippen LogP contribution in [0.3, 0.4) is 0 Å². The highest BCUT2D eigenvalue weighted by molar-refractivity contribution is 5.88. The zero-order chi connectivity index (χ0) is 13.1. The van der Waals surface area contributed by atoms with Crippen LogP contribution in [0.15, 0.2) is 54.7 Å². The quantitative estimate of drug-likeness (QED) is 0.735. The summed E-state index contributed by atoms with van der Waals surface area (Å²) >= 11 is 0. The number of nitrogens with one attached hydrogen (secondary N) is 1. The Balaban J connectivity index is 2.07. The fraction of sp³-hybridized carbons (Fsp3) is 0.118. The second kappa shape index (κ2) is 4.99. The van der Waals surface area contributed by atoms with Gasteiger partial charge in [-0.05, 0) is 35.2 Å². The molecular weight excluding hydrogens is 232 g/mol. The van der Waals surface area contributed by atoms with Crippen molar-refractivity contribution < 1.29 is 0 Å². The molecule has 3 rings (SSSR count). The molecule has 0 unspecified atom stereocenters. The maximum absolute atomic E-state index is 8.71. The molecule has 0 spiro atoms. The Labute approximate surface area is 112 Å². The number of aromatic nitrogens is 1. The third-order valence-corrected chi connectivity index (χ3v) is 3.38. The Morgan fingerprint density at radius 3 is 2.63 bits per heavy atom. The number of aryl methyl sites for hydroxylation is 1. The average Bonchev–Trinajstić information content (AvgIpc) is 2.88. The molecule has 0 aliphatic rings. The first-order valence-electron chi connectivity index (χ1n) is 6.41. The first-order valence-corrected chi connectivity index (χ1v) is 6.41. The molecule has 1 aromatic heterocycles. The Morgan fingerprint density at radius 2 is 1.84 bits per heavy atom. The van der Waals surface area contributed by atoms with Crippen LogP contribution in [0.4, 0.5) is 0 Å².